The van der Waals surface area contributed by atoms with Crippen LogP contribution in [-0.4, -0.2) is 59.3 Å². The second-order valence-electron chi connectivity index (χ2n) is 9.52. The van der Waals surface area contributed by atoms with Crippen molar-refractivity contribution in [2.45, 2.75) is 102 Å². The van der Waals surface area contributed by atoms with E-state index in [-0.39, 0.29) is 0 Å². The van der Waals surface area contributed by atoms with E-state index in [9.17, 15) is 19.8 Å². The van der Waals surface area contributed by atoms with Crippen LogP contribution in [0.4, 0.5) is 4.79 Å². The minimum atomic E-state index is -1.22. The number of carbonyl (C=O) groups excluding carboxylic acids is 2. The summed E-state index contributed by atoms with van der Waals surface area (Å²) in [5.74, 6) is 0.369. The molecule has 0 radical (unpaired) electrons. The van der Waals surface area contributed by atoms with Gasteiger partial charge in [0.25, 0.3) is 0 Å². The molecule has 0 saturated heterocycles. The van der Waals surface area contributed by atoms with Crippen molar-refractivity contribution in [3.63, 3.8) is 0 Å². The number of aliphatic hydroxyl groups excluding tert-OH is 2. The summed E-state index contributed by atoms with van der Waals surface area (Å²) in [5.41, 5.74) is -0.581. The van der Waals surface area contributed by atoms with Crippen LogP contribution >= 0.6 is 11.8 Å². The molecule has 9 nitrogen and oxygen atoms in total. The topological polar surface area (TPSA) is 143 Å². The standard InChI is InChI=1S/C13H22N2O3.C9H15ClNO3/c1-13(2,3)18-12(17)15-10(11(16)8-14)7-9-5-4-6-9;1-14-9(13)8(12)7(11-10)5-6-3-2-4-6/h9-11,16H,4-7H2,1-3H3,(H,15,17);6-8,12H,2-5H2,1H3/q;-1. The minimum absolute atomic E-state index is 0.493. The van der Waals surface area contributed by atoms with Crippen molar-refractivity contribution in [2.24, 2.45) is 11.8 Å². The molecule has 0 aliphatic heterocycles. The first-order valence-electron chi connectivity index (χ1n) is 11.1. The summed E-state index contributed by atoms with van der Waals surface area (Å²) in [4.78, 5) is 26.1. The van der Waals surface area contributed by atoms with Crippen molar-refractivity contribution in [3.05, 3.63) is 4.84 Å². The van der Waals surface area contributed by atoms with Gasteiger partial charge in [-0.15, -0.1) is 0 Å². The summed E-state index contributed by atoms with van der Waals surface area (Å²) in [5, 5.41) is 30.4. The van der Waals surface area contributed by atoms with Gasteiger partial charge in [-0.05, 0) is 39.0 Å². The smallest absolute Gasteiger partial charge is 0.407 e. The summed E-state index contributed by atoms with van der Waals surface area (Å²) < 4.78 is 9.55. The maximum Gasteiger partial charge on any atom is 0.407 e. The highest BCUT2D eigenvalue weighted by Crippen LogP contribution is 2.33. The van der Waals surface area contributed by atoms with Gasteiger partial charge >= 0.3 is 12.1 Å². The van der Waals surface area contributed by atoms with E-state index >= 15 is 0 Å². The van der Waals surface area contributed by atoms with Gasteiger partial charge < -0.3 is 29.8 Å². The number of aliphatic hydroxyl groups is 2. The van der Waals surface area contributed by atoms with Gasteiger partial charge in [-0.2, -0.15) is 5.26 Å². The molecule has 184 valence electrons. The quantitative estimate of drug-likeness (QED) is 0.342. The molecule has 32 heavy (non-hydrogen) atoms. The molecule has 2 aliphatic carbocycles. The number of nitriles is 1. The Morgan fingerprint density at radius 2 is 1.69 bits per heavy atom. The summed E-state index contributed by atoms with van der Waals surface area (Å²) in [6, 6.07) is 0.693. The van der Waals surface area contributed by atoms with Gasteiger partial charge in [-0.3, -0.25) is 11.8 Å². The molecule has 3 N–H and O–H groups in total. The minimum Gasteiger partial charge on any atom is -0.570 e. The molecule has 2 aliphatic rings. The molecule has 0 bridgehead atoms. The maximum atomic E-state index is 11.6. The van der Waals surface area contributed by atoms with Crippen molar-refractivity contribution >= 4 is 23.8 Å². The predicted octanol–water partition coefficient (Wildman–Crippen LogP) is 3.56. The number of ether oxygens (including phenoxy) is 2. The molecule has 0 spiro atoms. The number of nitrogens with zero attached hydrogens (tertiary/aromatic N) is 2. The fraction of sp³-hybridized carbons (Fsp3) is 0.864. The van der Waals surface area contributed by atoms with Crippen LogP contribution in [0.1, 0.15) is 72.1 Å². The first-order valence-corrected chi connectivity index (χ1v) is 11.5. The second kappa shape index (κ2) is 13.8. The van der Waals surface area contributed by atoms with E-state index in [1.807, 2.05) is 0 Å². The van der Waals surface area contributed by atoms with E-state index in [1.165, 1.54) is 20.0 Å². The van der Waals surface area contributed by atoms with E-state index in [0.29, 0.717) is 24.7 Å². The third-order valence-corrected chi connectivity index (χ3v) is 6.01. The number of methoxy groups -OCH3 is 1. The molecule has 0 aromatic rings. The number of esters is 1. The van der Waals surface area contributed by atoms with Gasteiger partial charge in [0, 0.05) is 0 Å². The lowest BCUT2D eigenvalue weighted by Gasteiger charge is -2.36. The Bertz CT molecular complexity index is 628. The fourth-order valence-corrected chi connectivity index (χ4v) is 3.66. The second-order valence-corrected chi connectivity index (χ2v) is 9.72. The van der Waals surface area contributed by atoms with Crippen LogP contribution < -0.4 is 5.32 Å². The number of hydrogen-bond donors (Lipinski definition) is 3. The third kappa shape index (κ3) is 10.3. The Hall–Kier alpha value is -1.60. The lowest BCUT2D eigenvalue weighted by atomic mass is 9.80. The molecule has 10 heteroatoms. The van der Waals surface area contributed by atoms with Crippen LogP contribution in [0.3, 0.4) is 0 Å². The molecule has 0 aromatic heterocycles. The molecule has 2 saturated carbocycles. The van der Waals surface area contributed by atoms with Gasteiger partial charge in [0.2, 0.25) is 0 Å². The highest BCUT2D eigenvalue weighted by atomic mass is 35.5. The molecule has 4 unspecified atom stereocenters. The number of alkyl carbamates (subject to hydrolysis) is 1. The summed E-state index contributed by atoms with van der Waals surface area (Å²) in [7, 11) is 1.24. The zero-order valence-electron chi connectivity index (χ0n) is 19.4. The fourth-order valence-electron chi connectivity index (χ4n) is 3.47. The van der Waals surface area contributed by atoms with E-state index in [2.05, 4.69) is 14.9 Å². The van der Waals surface area contributed by atoms with E-state index in [4.69, 9.17) is 21.8 Å². The maximum absolute atomic E-state index is 11.6. The zero-order valence-corrected chi connectivity index (χ0v) is 20.2. The molecular weight excluding hydrogens is 438 g/mol. The van der Waals surface area contributed by atoms with Crippen molar-refractivity contribution in [2.75, 3.05) is 7.11 Å². The SMILES string of the molecule is CC(C)(C)OC(=O)NC(CC1CCC1)C(O)C#N.COC(=O)C(O)C(CC1CCC1)[N-]Cl. The molecule has 0 aromatic carbocycles. The number of rotatable bonds is 9. The average Bonchev–Trinajstić information content (AvgIpc) is 2.66. The average molecular weight is 475 g/mol. The van der Waals surface area contributed by atoms with E-state index < -0.39 is 42.0 Å². The predicted molar refractivity (Wildman–Crippen MR) is 120 cm³/mol. The summed E-state index contributed by atoms with van der Waals surface area (Å²) in [6.45, 7) is 5.32. The number of amides is 1. The molecule has 1 amide bonds. The molecule has 2 fully saturated rings. The Morgan fingerprint density at radius 3 is 2.06 bits per heavy atom. The summed E-state index contributed by atoms with van der Waals surface area (Å²) >= 11 is 5.35. The molecule has 4 atom stereocenters. The highest BCUT2D eigenvalue weighted by Gasteiger charge is 2.29. The molecule has 2 rings (SSSR count). The highest BCUT2D eigenvalue weighted by molar-refractivity contribution is 6.25. The van der Waals surface area contributed by atoms with Gasteiger partial charge in [0.1, 0.15) is 11.7 Å². The van der Waals surface area contributed by atoms with Crippen molar-refractivity contribution < 1.29 is 29.3 Å². The van der Waals surface area contributed by atoms with Crippen molar-refractivity contribution in [3.8, 4) is 6.07 Å². The third-order valence-electron chi connectivity index (χ3n) is 5.76. The zero-order chi connectivity index (χ0) is 24.3. The first kappa shape index (κ1) is 28.4. The number of hydrogen-bond acceptors (Lipinski definition) is 7. The summed E-state index contributed by atoms with van der Waals surface area (Å²) in [6.07, 6.45) is 5.19. The number of carbonyl (C=O) groups is 2. The van der Waals surface area contributed by atoms with Gasteiger partial charge in [0.15, 0.2) is 6.10 Å². The molecular formula is C22H37ClN3O6-. The van der Waals surface area contributed by atoms with Gasteiger partial charge in [0.05, 0.1) is 19.2 Å². The van der Waals surface area contributed by atoms with Crippen molar-refractivity contribution in [1.29, 1.82) is 5.26 Å². The van der Waals surface area contributed by atoms with Gasteiger partial charge in [-0.1, -0.05) is 51.0 Å². The Morgan fingerprint density at radius 1 is 1.16 bits per heavy atom. The molecule has 0 heterocycles. The van der Waals surface area contributed by atoms with Crippen LogP contribution in [0.25, 0.3) is 4.84 Å². The van der Waals surface area contributed by atoms with E-state index in [1.54, 1.807) is 26.8 Å². The van der Waals surface area contributed by atoms with Crippen LogP contribution in [0.15, 0.2) is 0 Å². The van der Waals surface area contributed by atoms with E-state index in [0.717, 1.165) is 25.7 Å². The number of nitrogens with one attached hydrogen (secondary N) is 1. The lowest BCUT2D eigenvalue weighted by molar-refractivity contribution is -0.151. The van der Waals surface area contributed by atoms with Crippen LogP contribution in [0, 0.1) is 23.2 Å². The largest absolute Gasteiger partial charge is 0.570 e. The monoisotopic (exact) mass is 474 g/mol. The lowest BCUT2D eigenvalue weighted by Crippen LogP contribution is -2.46. The van der Waals surface area contributed by atoms with Crippen LogP contribution in [-0.2, 0) is 14.3 Å². The van der Waals surface area contributed by atoms with Gasteiger partial charge in [-0.25, -0.2) is 9.59 Å². The Balaban J connectivity index is 0.000000330. The van der Waals surface area contributed by atoms with Crippen LogP contribution in [0.2, 0.25) is 0 Å². The Kier molecular flexibility index (Phi) is 12.3. The normalized spacial score (nSPS) is 20.1. The van der Waals surface area contributed by atoms with Crippen LogP contribution in [0.5, 0.6) is 0 Å². The number of halogens is 1. The first-order chi connectivity index (χ1) is 15.0. The Labute approximate surface area is 195 Å². The van der Waals surface area contributed by atoms with Crippen molar-refractivity contribution in [1.82, 2.24) is 5.32 Å².